The summed E-state index contributed by atoms with van der Waals surface area (Å²) in [5, 5.41) is 2.65. The molecular formula is C13H13S. The van der Waals surface area contributed by atoms with Crippen molar-refractivity contribution in [3.05, 3.63) is 48.0 Å². The highest BCUT2D eigenvalue weighted by Crippen LogP contribution is 2.25. The van der Waals surface area contributed by atoms with E-state index < -0.39 is 0 Å². The molecule has 1 atom stereocenters. The van der Waals surface area contributed by atoms with E-state index in [9.17, 15) is 0 Å². The number of rotatable bonds is 2. The fourth-order valence-electron chi connectivity index (χ4n) is 1.77. The lowest BCUT2D eigenvalue weighted by Gasteiger charge is -2.11. The van der Waals surface area contributed by atoms with E-state index in [1.165, 1.54) is 16.3 Å². The average Bonchev–Trinajstić information content (AvgIpc) is 2.27. The minimum absolute atomic E-state index is 0.469. The second kappa shape index (κ2) is 4.05. The smallest absolute Gasteiger partial charge is 0.0103 e. The van der Waals surface area contributed by atoms with Gasteiger partial charge < -0.3 is 0 Å². The summed E-state index contributed by atoms with van der Waals surface area (Å²) in [7, 11) is 0. The fraction of sp³-hybridized carbons (Fsp3) is 0.231. The zero-order valence-corrected chi connectivity index (χ0v) is 9.05. The summed E-state index contributed by atoms with van der Waals surface area (Å²) in [4.78, 5) is 0. The lowest BCUT2D eigenvalue weighted by Crippen LogP contribution is -1.95. The van der Waals surface area contributed by atoms with Crippen LogP contribution in [0.3, 0.4) is 0 Å². The molecule has 0 aliphatic rings. The lowest BCUT2D eigenvalue weighted by atomic mass is 9.96. The Labute approximate surface area is 90.4 Å². The van der Waals surface area contributed by atoms with Crippen molar-refractivity contribution >= 4 is 23.4 Å². The van der Waals surface area contributed by atoms with Gasteiger partial charge in [0.1, 0.15) is 0 Å². The summed E-state index contributed by atoms with van der Waals surface area (Å²) >= 11 is 5.12. The maximum Gasteiger partial charge on any atom is 0.0103 e. The number of hydrogen-bond acceptors (Lipinski definition) is 0. The highest BCUT2D eigenvalue weighted by atomic mass is 32.1. The molecule has 0 nitrogen and oxygen atoms in total. The van der Waals surface area contributed by atoms with Crippen LogP contribution >= 0.6 is 12.6 Å². The number of fused-ring (bicyclic) bond motifs is 1. The van der Waals surface area contributed by atoms with E-state index in [0.29, 0.717) is 5.92 Å². The first kappa shape index (κ1) is 9.60. The Morgan fingerprint density at radius 1 is 1.07 bits per heavy atom. The van der Waals surface area contributed by atoms with E-state index in [1.54, 1.807) is 0 Å². The number of hydrogen-bond donors (Lipinski definition) is 0. The van der Waals surface area contributed by atoms with Gasteiger partial charge in [0.25, 0.3) is 0 Å². The van der Waals surface area contributed by atoms with Crippen LogP contribution in [0.2, 0.25) is 0 Å². The zero-order chi connectivity index (χ0) is 9.97. The van der Waals surface area contributed by atoms with Gasteiger partial charge in [-0.2, -0.15) is 0 Å². The van der Waals surface area contributed by atoms with Crippen LogP contribution in [0.15, 0.2) is 42.5 Å². The molecular weight excluding hydrogens is 188 g/mol. The fourth-order valence-corrected chi connectivity index (χ4v) is 1.95. The third kappa shape index (κ3) is 1.64. The van der Waals surface area contributed by atoms with Gasteiger partial charge in [-0.1, -0.05) is 62.0 Å². The Balaban J connectivity index is 2.65. The van der Waals surface area contributed by atoms with Crippen molar-refractivity contribution in [1.82, 2.24) is 0 Å². The van der Waals surface area contributed by atoms with Crippen LogP contribution < -0.4 is 0 Å². The highest BCUT2D eigenvalue weighted by Gasteiger charge is 2.06. The zero-order valence-electron chi connectivity index (χ0n) is 8.23. The second-order valence-corrected chi connectivity index (χ2v) is 3.97. The largest absolute Gasteiger partial charge is 0.0935 e. The first-order valence-corrected chi connectivity index (χ1v) is 5.46. The Hall–Kier alpha value is -0.950. The van der Waals surface area contributed by atoms with Crippen molar-refractivity contribution in [3.8, 4) is 0 Å². The topological polar surface area (TPSA) is 0 Å². The summed E-state index contributed by atoms with van der Waals surface area (Å²) < 4.78 is 0. The Morgan fingerprint density at radius 2 is 1.79 bits per heavy atom. The molecule has 1 unspecified atom stereocenters. The molecule has 0 fully saturated rings. The van der Waals surface area contributed by atoms with Gasteiger partial charge in [-0.25, -0.2) is 0 Å². The first-order valence-electron chi connectivity index (χ1n) is 4.88. The van der Waals surface area contributed by atoms with Crippen LogP contribution in [0.4, 0.5) is 0 Å². The van der Waals surface area contributed by atoms with Crippen molar-refractivity contribution in [1.29, 1.82) is 0 Å². The van der Waals surface area contributed by atoms with Crippen molar-refractivity contribution in [3.63, 3.8) is 0 Å². The van der Waals surface area contributed by atoms with E-state index in [4.69, 9.17) is 12.6 Å². The van der Waals surface area contributed by atoms with Gasteiger partial charge in [-0.05, 0) is 22.3 Å². The van der Waals surface area contributed by atoms with Crippen LogP contribution in [0, 0.1) is 0 Å². The summed E-state index contributed by atoms with van der Waals surface area (Å²) in [6, 6.07) is 14.9. The average molecular weight is 201 g/mol. The summed E-state index contributed by atoms with van der Waals surface area (Å²) in [6.45, 7) is 2.19. The van der Waals surface area contributed by atoms with Gasteiger partial charge in [-0.3, -0.25) is 0 Å². The summed E-state index contributed by atoms with van der Waals surface area (Å²) in [5.74, 6) is 1.25. The molecule has 0 heterocycles. The van der Waals surface area contributed by atoms with Crippen LogP contribution in [0.5, 0.6) is 0 Å². The molecule has 2 aromatic rings. The van der Waals surface area contributed by atoms with E-state index in [-0.39, 0.29) is 0 Å². The van der Waals surface area contributed by atoms with E-state index >= 15 is 0 Å². The molecule has 71 valence electrons. The standard InChI is InChI=1S/C13H13S/c1-10(9-14)12-8-4-6-11-5-2-3-7-13(11)12/h2-8,10H,9H2,1H3. The van der Waals surface area contributed by atoms with Gasteiger partial charge in [0.05, 0.1) is 0 Å². The Bertz CT molecular complexity index is 429. The van der Waals surface area contributed by atoms with Crippen molar-refractivity contribution < 1.29 is 0 Å². The molecule has 0 aliphatic carbocycles. The molecule has 0 saturated heterocycles. The molecule has 0 spiro atoms. The number of benzene rings is 2. The second-order valence-electron chi connectivity index (χ2n) is 3.64. The lowest BCUT2D eigenvalue weighted by molar-refractivity contribution is 0.894. The van der Waals surface area contributed by atoms with Gasteiger partial charge in [-0.15, -0.1) is 0 Å². The van der Waals surface area contributed by atoms with E-state index in [2.05, 4.69) is 49.4 Å². The van der Waals surface area contributed by atoms with Gasteiger partial charge in [0.15, 0.2) is 0 Å². The highest BCUT2D eigenvalue weighted by molar-refractivity contribution is 7.80. The van der Waals surface area contributed by atoms with Gasteiger partial charge >= 0.3 is 0 Å². The molecule has 0 amide bonds. The monoisotopic (exact) mass is 201 g/mol. The Morgan fingerprint density at radius 3 is 2.57 bits per heavy atom. The normalized spacial score (nSPS) is 13.0. The van der Waals surface area contributed by atoms with Crippen molar-refractivity contribution in [2.45, 2.75) is 12.8 Å². The van der Waals surface area contributed by atoms with Gasteiger partial charge in [0.2, 0.25) is 0 Å². The third-order valence-electron chi connectivity index (χ3n) is 2.60. The minimum atomic E-state index is 0.469. The molecule has 0 aliphatic heterocycles. The molecule has 1 radical (unpaired) electrons. The maximum atomic E-state index is 5.12. The molecule has 0 aromatic heterocycles. The summed E-state index contributed by atoms with van der Waals surface area (Å²) in [5.41, 5.74) is 1.37. The molecule has 1 heteroatoms. The molecule has 0 N–H and O–H groups in total. The van der Waals surface area contributed by atoms with Crippen LogP contribution in [-0.2, 0) is 0 Å². The third-order valence-corrected chi connectivity index (χ3v) is 3.10. The van der Waals surface area contributed by atoms with Crippen LogP contribution in [0.25, 0.3) is 10.8 Å². The Kier molecular flexibility index (Phi) is 2.78. The first-order chi connectivity index (χ1) is 6.83. The minimum Gasteiger partial charge on any atom is -0.0935 e. The predicted octanol–water partition coefficient (Wildman–Crippen LogP) is 4.14. The van der Waals surface area contributed by atoms with Gasteiger partial charge in [0, 0.05) is 5.75 Å². The van der Waals surface area contributed by atoms with Crippen molar-refractivity contribution in [2.24, 2.45) is 0 Å². The van der Waals surface area contributed by atoms with E-state index in [0.717, 1.165) is 5.75 Å². The molecule has 2 aromatic carbocycles. The molecule has 2 rings (SSSR count). The molecule has 14 heavy (non-hydrogen) atoms. The SMILES string of the molecule is CC(C[S])c1cccc2ccccc12. The molecule has 0 saturated carbocycles. The molecule has 0 bridgehead atoms. The summed E-state index contributed by atoms with van der Waals surface area (Å²) in [6.07, 6.45) is 0. The van der Waals surface area contributed by atoms with Crippen LogP contribution in [-0.4, -0.2) is 5.75 Å². The quantitative estimate of drug-likeness (QED) is 0.685. The van der Waals surface area contributed by atoms with Crippen molar-refractivity contribution in [2.75, 3.05) is 5.75 Å². The van der Waals surface area contributed by atoms with Crippen LogP contribution in [0.1, 0.15) is 18.4 Å². The maximum absolute atomic E-state index is 5.12. The predicted molar refractivity (Wildman–Crippen MR) is 64.8 cm³/mol. The van der Waals surface area contributed by atoms with E-state index in [1.807, 2.05) is 0 Å².